The summed E-state index contributed by atoms with van der Waals surface area (Å²) in [6, 6.07) is 0. The second-order valence-corrected chi connectivity index (χ2v) is 4.68. The minimum atomic E-state index is -0.370. The van der Waals surface area contributed by atoms with Crippen molar-refractivity contribution in [1.82, 2.24) is 5.32 Å². The van der Waals surface area contributed by atoms with Crippen LogP contribution in [0.15, 0.2) is 0 Å². The van der Waals surface area contributed by atoms with E-state index in [4.69, 9.17) is 5.11 Å². The molecule has 1 rings (SSSR count). The number of carbonyl (C=O) groups is 1. The van der Waals surface area contributed by atoms with Crippen molar-refractivity contribution in [3.8, 4) is 0 Å². The lowest BCUT2D eigenvalue weighted by Crippen LogP contribution is -2.26. The van der Waals surface area contributed by atoms with Crippen molar-refractivity contribution < 1.29 is 9.90 Å². The van der Waals surface area contributed by atoms with Gasteiger partial charge in [0.05, 0.1) is 6.10 Å². The highest BCUT2D eigenvalue weighted by molar-refractivity contribution is 5.75. The first kappa shape index (κ1) is 12.5. The molecule has 15 heavy (non-hydrogen) atoms. The van der Waals surface area contributed by atoms with E-state index < -0.39 is 0 Å². The third-order valence-corrected chi connectivity index (χ3v) is 3.14. The third kappa shape index (κ3) is 5.78. The van der Waals surface area contributed by atoms with Gasteiger partial charge in [0, 0.05) is 13.0 Å². The number of aliphatic hydroxyl groups is 1. The van der Waals surface area contributed by atoms with E-state index in [1.54, 1.807) is 6.92 Å². The number of hydrogen-bond acceptors (Lipinski definition) is 2. The molecule has 1 fully saturated rings. The topological polar surface area (TPSA) is 49.3 Å². The molecule has 0 spiro atoms. The van der Waals surface area contributed by atoms with E-state index >= 15 is 0 Å². The van der Waals surface area contributed by atoms with Crippen LogP contribution in [0.3, 0.4) is 0 Å². The number of aliphatic hydroxyl groups excluding tert-OH is 1. The van der Waals surface area contributed by atoms with Crippen LogP contribution in [0.2, 0.25) is 0 Å². The lowest BCUT2D eigenvalue weighted by Gasteiger charge is -2.10. The molecule has 1 atom stereocenters. The minimum absolute atomic E-state index is 0.0777. The first-order chi connectivity index (χ1) is 7.18. The van der Waals surface area contributed by atoms with Crippen LogP contribution in [0.5, 0.6) is 0 Å². The molecular formula is C12H23NO2. The van der Waals surface area contributed by atoms with Crippen LogP contribution in [0.1, 0.15) is 51.9 Å². The van der Waals surface area contributed by atoms with Gasteiger partial charge in [0.25, 0.3) is 0 Å². The molecule has 0 heterocycles. The molecule has 0 saturated heterocycles. The van der Waals surface area contributed by atoms with Gasteiger partial charge in [-0.2, -0.15) is 0 Å². The van der Waals surface area contributed by atoms with Crippen LogP contribution in [-0.2, 0) is 4.79 Å². The summed E-state index contributed by atoms with van der Waals surface area (Å²) in [5, 5.41) is 11.9. The molecule has 1 unspecified atom stereocenters. The second kappa shape index (κ2) is 6.83. The van der Waals surface area contributed by atoms with Crippen LogP contribution >= 0.6 is 0 Å². The van der Waals surface area contributed by atoms with Crippen molar-refractivity contribution in [3.05, 3.63) is 0 Å². The van der Waals surface area contributed by atoms with Crippen LogP contribution in [0, 0.1) is 5.92 Å². The Morgan fingerprint density at radius 2 is 2.13 bits per heavy atom. The number of hydrogen-bond donors (Lipinski definition) is 2. The SMILES string of the molecule is CC(O)CCC(=O)NCCC1CCCC1. The average molecular weight is 213 g/mol. The summed E-state index contributed by atoms with van der Waals surface area (Å²) in [4.78, 5) is 11.3. The molecule has 3 heteroatoms. The van der Waals surface area contributed by atoms with Gasteiger partial charge in [0.2, 0.25) is 5.91 Å². The van der Waals surface area contributed by atoms with E-state index in [9.17, 15) is 4.79 Å². The molecule has 1 aliphatic rings. The van der Waals surface area contributed by atoms with E-state index in [0.717, 1.165) is 18.9 Å². The zero-order valence-corrected chi connectivity index (χ0v) is 9.67. The maximum atomic E-state index is 11.3. The molecule has 0 aromatic rings. The van der Waals surface area contributed by atoms with Gasteiger partial charge in [0.15, 0.2) is 0 Å². The summed E-state index contributed by atoms with van der Waals surface area (Å²) < 4.78 is 0. The minimum Gasteiger partial charge on any atom is -0.393 e. The number of rotatable bonds is 6. The fourth-order valence-electron chi connectivity index (χ4n) is 2.14. The van der Waals surface area contributed by atoms with Gasteiger partial charge < -0.3 is 10.4 Å². The van der Waals surface area contributed by atoms with Gasteiger partial charge in [-0.05, 0) is 25.7 Å². The molecule has 2 N–H and O–H groups in total. The molecule has 1 amide bonds. The van der Waals surface area contributed by atoms with E-state index in [-0.39, 0.29) is 12.0 Å². The zero-order chi connectivity index (χ0) is 11.1. The molecule has 0 bridgehead atoms. The highest BCUT2D eigenvalue weighted by Gasteiger charge is 2.14. The Bertz CT molecular complexity index is 186. The highest BCUT2D eigenvalue weighted by atomic mass is 16.3. The summed E-state index contributed by atoms with van der Waals surface area (Å²) in [5.41, 5.74) is 0. The Hall–Kier alpha value is -0.570. The van der Waals surface area contributed by atoms with Gasteiger partial charge in [0.1, 0.15) is 0 Å². The Morgan fingerprint density at radius 3 is 2.73 bits per heavy atom. The van der Waals surface area contributed by atoms with E-state index in [2.05, 4.69) is 5.32 Å². The van der Waals surface area contributed by atoms with Gasteiger partial charge in [-0.1, -0.05) is 25.7 Å². The molecule has 3 nitrogen and oxygen atoms in total. The summed E-state index contributed by atoms with van der Waals surface area (Å²) in [5.74, 6) is 0.913. The Balaban J connectivity index is 1.96. The smallest absolute Gasteiger partial charge is 0.220 e. The molecule has 88 valence electrons. The standard InChI is InChI=1S/C12H23NO2/c1-10(14)6-7-12(15)13-9-8-11-4-2-3-5-11/h10-11,14H,2-9H2,1H3,(H,13,15). The van der Waals surface area contributed by atoms with E-state index in [1.807, 2.05) is 0 Å². The third-order valence-electron chi connectivity index (χ3n) is 3.14. The van der Waals surface area contributed by atoms with Crippen molar-refractivity contribution in [1.29, 1.82) is 0 Å². The molecule has 0 radical (unpaired) electrons. The molecule has 0 aromatic carbocycles. The van der Waals surface area contributed by atoms with Gasteiger partial charge >= 0.3 is 0 Å². The lowest BCUT2D eigenvalue weighted by atomic mass is 10.0. The monoisotopic (exact) mass is 213 g/mol. The fourth-order valence-corrected chi connectivity index (χ4v) is 2.14. The van der Waals surface area contributed by atoms with Crippen LogP contribution < -0.4 is 5.32 Å². The molecule has 1 saturated carbocycles. The van der Waals surface area contributed by atoms with Gasteiger partial charge in [-0.3, -0.25) is 4.79 Å². The van der Waals surface area contributed by atoms with Crippen molar-refractivity contribution in [3.63, 3.8) is 0 Å². The first-order valence-corrected chi connectivity index (χ1v) is 6.13. The van der Waals surface area contributed by atoms with E-state index in [0.29, 0.717) is 12.8 Å². The number of nitrogens with one attached hydrogen (secondary N) is 1. The van der Waals surface area contributed by atoms with Gasteiger partial charge in [-0.15, -0.1) is 0 Å². The van der Waals surface area contributed by atoms with Crippen molar-refractivity contribution in [2.24, 2.45) is 5.92 Å². The highest BCUT2D eigenvalue weighted by Crippen LogP contribution is 2.26. The molecule has 0 aromatic heterocycles. The first-order valence-electron chi connectivity index (χ1n) is 6.13. The van der Waals surface area contributed by atoms with Crippen LogP contribution in [0.4, 0.5) is 0 Å². The summed E-state index contributed by atoms with van der Waals surface area (Å²) in [6.07, 6.45) is 7.16. The summed E-state index contributed by atoms with van der Waals surface area (Å²) >= 11 is 0. The normalized spacial score (nSPS) is 19.1. The van der Waals surface area contributed by atoms with Gasteiger partial charge in [-0.25, -0.2) is 0 Å². The Kier molecular flexibility index (Phi) is 5.69. The molecular weight excluding hydrogens is 190 g/mol. The van der Waals surface area contributed by atoms with Crippen molar-refractivity contribution >= 4 is 5.91 Å². The summed E-state index contributed by atoms with van der Waals surface area (Å²) in [7, 11) is 0. The maximum Gasteiger partial charge on any atom is 0.220 e. The fraction of sp³-hybridized carbons (Fsp3) is 0.917. The van der Waals surface area contributed by atoms with Crippen LogP contribution in [-0.4, -0.2) is 23.7 Å². The second-order valence-electron chi connectivity index (χ2n) is 4.68. The predicted octanol–water partition coefficient (Wildman–Crippen LogP) is 1.84. The average Bonchev–Trinajstić information content (AvgIpc) is 2.67. The molecule has 1 aliphatic carbocycles. The quantitative estimate of drug-likeness (QED) is 0.707. The van der Waals surface area contributed by atoms with Crippen LogP contribution in [0.25, 0.3) is 0 Å². The number of amides is 1. The van der Waals surface area contributed by atoms with E-state index in [1.165, 1.54) is 25.7 Å². The zero-order valence-electron chi connectivity index (χ0n) is 9.67. The maximum absolute atomic E-state index is 11.3. The summed E-state index contributed by atoms with van der Waals surface area (Å²) in [6.45, 7) is 2.52. The molecule has 0 aliphatic heterocycles. The van der Waals surface area contributed by atoms with Crippen molar-refractivity contribution in [2.45, 2.75) is 58.0 Å². The number of carbonyl (C=O) groups excluding carboxylic acids is 1. The largest absolute Gasteiger partial charge is 0.393 e. The Morgan fingerprint density at radius 1 is 1.47 bits per heavy atom. The lowest BCUT2D eigenvalue weighted by molar-refractivity contribution is -0.121. The predicted molar refractivity (Wildman–Crippen MR) is 60.5 cm³/mol. The van der Waals surface area contributed by atoms with Crippen molar-refractivity contribution in [2.75, 3.05) is 6.54 Å². The Labute approximate surface area is 92.3 Å².